The quantitative estimate of drug-likeness (QED) is 0.154. The fourth-order valence-corrected chi connectivity index (χ4v) is 5.30. The number of carbonyl (C=O) groups excluding carboxylic acids is 2. The zero-order valence-electron chi connectivity index (χ0n) is 23.4. The second kappa shape index (κ2) is 11.7. The molecule has 204 valence electrons. The number of fused-ring (bicyclic) bond motifs is 1. The molecule has 0 saturated heterocycles. The van der Waals surface area contributed by atoms with Crippen LogP contribution in [0.25, 0.3) is 0 Å². The molecule has 1 amide bonds. The van der Waals surface area contributed by atoms with Crippen LogP contribution in [0.5, 0.6) is 5.75 Å². The molecule has 0 spiro atoms. The van der Waals surface area contributed by atoms with E-state index in [0.717, 1.165) is 34.2 Å². The summed E-state index contributed by atoms with van der Waals surface area (Å²) in [6, 6.07) is 25.2. The highest BCUT2D eigenvalue weighted by Gasteiger charge is 2.30. The summed E-state index contributed by atoms with van der Waals surface area (Å²) in [5.41, 5.74) is 8.72. The number of hydrogen-bond donors (Lipinski definition) is 1. The molecule has 6 nitrogen and oxygen atoms in total. The first-order valence-corrected chi connectivity index (χ1v) is 13.7. The van der Waals surface area contributed by atoms with Crippen LogP contribution in [0.3, 0.4) is 0 Å². The predicted octanol–water partition coefficient (Wildman–Crippen LogP) is 7.23. The van der Waals surface area contributed by atoms with E-state index in [4.69, 9.17) is 9.15 Å². The molecule has 3 aromatic carbocycles. The Balaban J connectivity index is 1.41. The van der Waals surface area contributed by atoms with Crippen LogP contribution in [0, 0.1) is 13.8 Å². The highest BCUT2D eigenvalue weighted by atomic mass is 16.5. The Bertz CT molecular complexity index is 1510. The molecule has 0 bridgehead atoms. The van der Waals surface area contributed by atoms with Crippen molar-refractivity contribution in [1.82, 2.24) is 5.43 Å². The molecule has 1 heterocycles. The van der Waals surface area contributed by atoms with Gasteiger partial charge in [-0.15, -0.1) is 0 Å². The highest BCUT2D eigenvalue weighted by molar-refractivity contribution is 6.06. The van der Waals surface area contributed by atoms with Crippen molar-refractivity contribution in [2.45, 2.75) is 58.8 Å². The molecule has 1 aromatic heterocycles. The lowest BCUT2D eigenvalue weighted by Gasteiger charge is -2.18. The largest absolute Gasteiger partial charge is 0.453 e. The van der Waals surface area contributed by atoms with Crippen molar-refractivity contribution < 1.29 is 18.7 Å². The van der Waals surface area contributed by atoms with Gasteiger partial charge < -0.3 is 9.15 Å². The summed E-state index contributed by atoms with van der Waals surface area (Å²) in [5.74, 6) is 0.355. The van der Waals surface area contributed by atoms with Gasteiger partial charge in [0.1, 0.15) is 11.5 Å². The minimum Gasteiger partial charge on any atom is -0.453 e. The van der Waals surface area contributed by atoms with Gasteiger partial charge >= 0.3 is 5.97 Å². The molecule has 40 heavy (non-hydrogen) atoms. The van der Waals surface area contributed by atoms with Crippen LogP contribution >= 0.6 is 0 Å². The Morgan fingerprint density at radius 2 is 1.55 bits per heavy atom. The lowest BCUT2D eigenvalue weighted by atomic mass is 9.91. The lowest BCUT2D eigenvalue weighted by Crippen LogP contribution is -2.28. The van der Waals surface area contributed by atoms with Crippen molar-refractivity contribution in [3.8, 4) is 5.75 Å². The normalized spacial score (nSPS) is 13.9. The molecule has 5 rings (SSSR count). The molecule has 1 aliphatic carbocycles. The van der Waals surface area contributed by atoms with Gasteiger partial charge in [0.05, 0.1) is 11.6 Å². The number of furan rings is 1. The van der Waals surface area contributed by atoms with Gasteiger partial charge in [-0.1, -0.05) is 86.6 Å². The van der Waals surface area contributed by atoms with E-state index in [2.05, 4.69) is 24.4 Å². The van der Waals surface area contributed by atoms with Crippen LogP contribution in [0.4, 0.5) is 0 Å². The number of hydrazone groups is 1. The third-order valence-corrected chi connectivity index (χ3v) is 7.33. The maximum Gasteiger partial charge on any atom is 0.379 e. The summed E-state index contributed by atoms with van der Waals surface area (Å²) in [6.07, 6.45) is 2.16. The fraction of sp³-hybridized carbons (Fsp3) is 0.265. The fourth-order valence-electron chi connectivity index (χ4n) is 5.30. The third-order valence-electron chi connectivity index (χ3n) is 7.33. The number of carbonyl (C=O) groups is 2. The molecular weight excluding hydrogens is 500 g/mol. The van der Waals surface area contributed by atoms with Crippen molar-refractivity contribution >= 4 is 17.6 Å². The standard InChI is InChI=1S/C34H34N2O4/c1-21(2)26-19-18-22(3)20-29(26)40-34(38)32-23(4)30-27(16-11-17-28(30)39-32)35-36-33(37)31(24-12-7-5-8-13-24)25-14-9-6-10-15-25/h5-10,12-15,18-21,31H,11,16-17H2,1-4H3,(H,36,37)/b35-27+. The van der Waals surface area contributed by atoms with E-state index in [1.165, 1.54) is 0 Å². The van der Waals surface area contributed by atoms with E-state index in [1.807, 2.05) is 92.7 Å². The van der Waals surface area contributed by atoms with Gasteiger partial charge in [0.15, 0.2) is 0 Å². The maximum absolute atomic E-state index is 13.5. The molecule has 4 aromatic rings. The van der Waals surface area contributed by atoms with Crippen LogP contribution in [0.15, 0.2) is 88.4 Å². The molecule has 1 N–H and O–H groups in total. The average Bonchev–Trinajstić information content (AvgIpc) is 3.30. The third kappa shape index (κ3) is 5.62. The molecular formula is C34H34N2O4. The number of esters is 1. The van der Waals surface area contributed by atoms with Gasteiger partial charge in [0, 0.05) is 17.5 Å². The number of hydrogen-bond acceptors (Lipinski definition) is 5. The number of benzene rings is 3. The van der Waals surface area contributed by atoms with Crippen LogP contribution in [-0.4, -0.2) is 17.6 Å². The number of amides is 1. The SMILES string of the molecule is Cc1ccc(C(C)C)c(OC(=O)c2oc3c(c2C)/C(=N/NC(=O)C(c2ccccc2)c2ccccc2)CCC3)c1. The molecule has 0 atom stereocenters. The first-order chi connectivity index (χ1) is 19.3. The second-order valence-electron chi connectivity index (χ2n) is 10.6. The molecule has 0 aliphatic heterocycles. The van der Waals surface area contributed by atoms with Gasteiger partial charge in [0.2, 0.25) is 5.76 Å². The minimum atomic E-state index is -0.531. The minimum absolute atomic E-state index is 0.175. The van der Waals surface area contributed by atoms with E-state index >= 15 is 0 Å². The van der Waals surface area contributed by atoms with Gasteiger partial charge in [-0.25, -0.2) is 10.2 Å². The lowest BCUT2D eigenvalue weighted by molar-refractivity contribution is -0.121. The van der Waals surface area contributed by atoms with Gasteiger partial charge in [0.25, 0.3) is 5.91 Å². The molecule has 0 unspecified atom stereocenters. The first kappa shape index (κ1) is 27.1. The summed E-state index contributed by atoms with van der Waals surface area (Å²) in [6.45, 7) is 7.94. The van der Waals surface area contributed by atoms with Crippen molar-refractivity contribution in [3.63, 3.8) is 0 Å². The van der Waals surface area contributed by atoms with Crippen LogP contribution in [0.2, 0.25) is 0 Å². The Morgan fingerprint density at radius 3 is 2.17 bits per heavy atom. The molecule has 0 saturated carbocycles. The summed E-state index contributed by atoms with van der Waals surface area (Å²) >= 11 is 0. The Labute approximate surface area is 235 Å². The summed E-state index contributed by atoms with van der Waals surface area (Å²) in [5, 5.41) is 4.57. The van der Waals surface area contributed by atoms with Crippen LogP contribution < -0.4 is 10.2 Å². The molecule has 6 heteroatoms. The monoisotopic (exact) mass is 534 g/mol. The number of aryl methyl sites for hydroxylation is 2. The van der Waals surface area contributed by atoms with Crippen LogP contribution in [-0.2, 0) is 11.2 Å². The Kier molecular flexibility index (Phi) is 7.96. The Hall–Kier alpha value is -4.45. The summed E-state index contributed by atoms with van der Waals surface area (Å²) in [7, 11) is 0. The van der Waals surface area contributed by atoms with E-state index in [-0.39, 0.29) is 17.6 Å². The molecule has 0 fully saturated rings. The first-order valence-electron chi connectivity index (χ1n) is 13.7. The topological polar surface area (TPSA) is 80.9 Å². The number of rotatable bonds is 7. The van der Waals surface area contributed by atoms with E-state index < -0.39 is 11.9 Å². The zero-order valence-corrected chi connectivity index (χ0v) is 23.4. The maximum atomic E-state index is 13.5. The van der Waals surface area contributed by atoms with E-state index in [1.54, 1.807) is 0 Å². The number of ether oxygens (including phenoxy) is 1. The van der Waals surface area contributed by atoms with Crippen molar-refractivity contribution in [2.75, 3.05) is 0 Å². The molecule has 0 radical (unpaired) electrons. The smallest absolute Gasteiger partial charge is 0.379 e. The van der Waals surface area contributed by atoms with Gasteiger partial charge in [-0.2, -0.15) is 5.10 Å². The highest BCUT2D eigenvalue weighted by Crippen LogP contribution is 2.33. The van der Waals surface area contributed by atoms with Crippen LogP contribution in [0.1, 0.15) is 88.2 Å². The predicted molar refractivity (Wildman–Crippen MR) is 156 cm³/mol. The summed E-state index contributed by atoms with van der Waals surface area (Å²) in [4.78, 5) is 26.8. The Morgan fingerprint density at radius 1 is 0.900 bits per heavy atom. The van der Waals surface area contributed by atoms with Crippen molar-refractivity contribution in [2.24, 2.45) is 5.10 Å². The van der Waals surface area contributed by atoms with E-state index in [0.29, 0.717) is 35.6 Å². The van der Waals surface area contributed by atoms with E-state index in [9.17, 15) is 9.59 Å². The van der Waals surface area contributed by atoms with Crippen molar-refractivity contribution in [1.29, 1.82) is 0 Å². The number of nitrogens with one attached hydrogen (secondary N) is 1. The average molecular weight is 535 g/mol. The van der Waals surface area contributed by atoms with Gasteiger partial charge in [-0.05, 0) is 60.9 Å². The number of nitrogens with zero attached hydrogens (tertiary/aromatic N) is 1. The van der Waals surface area contributed by atoms with Gasteiger partial charge in [-0.3, -0.25) is 4.79 Å². The molecule has 1 aliphatic rings. The van der Waals surface area contributed by atoms with Crippen molar-refractivity contribution in [3.05, 3.63) is 124 Å². The summed E-state index contributed by atoms with van der Waals surface area (Å²) < 4.78 is 11.9. The second-order valence-corrected chi connectivity index (χ2v) is 10.6. The zero-order chi connectivity index (χ0) is 28.2.